The number of rotatable bonds is 3. The number of nitrogens with zero attached hydrogens (tertiary/aromatic N) is 1. The van der Waals surface area contributed by atoms with Gasteiger partial charge >= 0.3 is 0 Å². The lowest BCUT2D eigenvalue weighted by Crippen LogP contribution is -2.21. The van der Waals surface area contributed by atoms with Crippen molar-refractivity contribution in [3.05, 3.63) is 22.8 Å². The van der Waals surface area contributed by atoms with E-state index in [-0.39, 0.29) is 5.75 Å². The highest BCUT2D eigenvalue weighted by Gasteiger charge is 2.31. The number of hydrogen-bond acceptors (Lipinski definition) is 4. The molecule has 4 nitrogen and oxygen atoms in total. The first-order valence-electron chi connectivity index (χ1n) is 6.76. The minimum atomic E-state index is 0.227. The molecule has 2 unspecified atom stereocenters. The standard InChI is InChI=1S/C15H24N2O2/c1-9-10(2)15(19-4)14(18)6-12(9)13-5-11(7-16)8-17(13)3/h6,11,13,18H,5,7-8,16H2,1-4H3. The van der Waals surface area contributed by atoms with Crippen molar-refractivity contribution >= 4 is 0 Å². The third-order valence-electron chi connectivity index (χ3n) is 4.39. The van der Waals surface area contributed by atoms with Gasteiger partial charge in [-0.05, 0) is 62.5 Å². The van der Waals surface area contributed by atoms with Gasteiger partial charge in [0.25, 0.3) is 0 Å². The lowest BCUT2D eigenvalue weighted by atomic mass is 9.93. The van der Waals surface area contributed by atoms with Gasteiger partial charge in [0, 0.05) is 12.6 Å². The van der Waals surface area contributed by atoms with Crippen LogP contribution in [0.1, 0.15) is 29.2 Å². The third kappa shape index (κ3) is 2.42. The molecule has 0 radical (unpaired) electrons. The number of methoxy groups -OCH3 is 1. The van der Waals surface area contributed by atoms with E-state index >= 15 is 0 Å². The highest BCUT2D eigenvalue weighted by molar-refractivity contribution is 5.53. The first kappa shape index (κ1) is 14.2. The van der Waals surface area contributed by atoms with Crippen molar-refractivity contribution in [3.8, 4) is 11.5 Å². The monoisotopic (exact) mass is 264 g/mol. The van der Waals surface area contributed by atoms with Crippen LogP contribution in [0, 0.1) is 19.8 Å². The molecule has 2 rings (SSSR count). The van der Waals surface area contributed by atoms with Crippen LogP contribution in [0.25, 0.3) is 0 Å². The summed E-state index contributed by atoms with van der Waals surface area (Å²) in [5.41, 5.74) is 9.19. The minimum absolute atomic E-state index is 0.227. The molecule has 1 aromatic carbocycles. The molecule has 0 bridgehead atoms. The molecule has 2 atom stereocenters. The predicted octanol–water partition coefficient (Wildman–Crippen LogP) is 1.97. The Bertz CT molecular complexity index is 474. The first-order chi connectivity index (χ1) is 8.99. The average Bonchev–Trinajstić information content (AvgIpc) is 2.76. The summed E-state index contributed by atoms with van der Waals surface area (Å²) in [5.74, 6) is 1.35. The SMILES string of the molecule is COc1c(O)cc(C2CC(CN)CN2C)c(C)c1C. The van der Waals surface area contributed by atoms with Crippen LogP contribution < -0.4 is 10.5 Å². The van der Waals surface area contributed by atoms with E-state index in [0.717, 1.165) is 25.1 Å². The summed E-state index contributed by atoms with van der Waals surface area (Å²) in [5, 5.41) is 10.1. The Labute approximate surface area is 115 Å². The van der Waals surface area contributed by atoms with Crippen LogP contribution in [-0.2, 0) is 0 Å². The van der Waals surface area contributed by atoms with E-state index in [1.165, 1.54) is 11.1 Å². The van der Waals surface area contributed by atoms with Crippen molar-refractivity contribution < 1.29 is 9.84 Å². The van der Waals surface area contributed by atoms with Crippen molar-refractivity contribution in [1.29, 1.82) is 0 Å². The third-order valence-corrected chi connectivity index (χ3v) is 4.39. The number of aromatic hydroxyl groups is 1. The maximum atomic E-state index is 10.1. The molecule has 0 amide bonds. The summed E-state index contributed by atoms with van der Waals surface area (Å²) in [7, 11) is 3.71. The Balaban J connectivity index is 2.41. The maximum Gasteiger partial charge on any atom is 0.163 e. The van der Waals surface area contributed by atoms with E-state index in [0.29, 0.717) is 17.7 Å². The highest BCUT2D eigenvalue weighted by Crippen LogP contribution is 2.41. The smallest absolute Gasteiger partial charge is 0.163 e. The summed E-state index contributed by atoms with van der Waals surface area (Å²) >= 11 is 0. The van der Waals surface area contributed by atoms with E-state index in [9.17, 15) is 5.11 Å². The molecule has 0 aliphatic carbocycles. The second-order valence-corrected chi connectivity index (χ2v) is 5.56. The molecule has 0 aromatic heterocycles. The van der Waals surface area contributed by atoms with Gasteiger partial charge < -0.3 is 15.6 Å². The molecule has 1 fully saturated rings. The van der Waals surface area contributed by atoms with Crippen molar-refractivity contribution in [2.75, 3.05) is 27.2 Å². The average molecular weight is 264 g/mol. The largest absolute Gasteiger partial charge is 0.504 e. The molecule has 19 heavy (non-hydrogen) atoms. The molecular weight excluding hydrogens is 240 g/mol. The van der Waals surface area contributed by atoms with Gasteiger partial charge in [0.15, 0.2) is 11.5 Å². The number of phenols is 1. The summed E-state index contributed by atoms with van der Waals surface area (Å²) in [4.78, 5) is 2.32. The lowest BCUT2D eigenvalue weighted by Gasteiger charge is -2.24. The summed E-state index contributed by atoms with van der Waals surface area (Å²) in [6.45, 7) is 5.83. The van der Waals surface area contributed by atoms with Crippen LogP contribution >= 0.6 is 0 Å². The van der Waals surface area contributed by atoms with Gasteiger partial charge in [0.05, 0.1) is 7.11 Å². The highest BCUT2D eigenvalue weighted by atomic mass is 16.5. The number of benzene rings is 1. The van der Waals surface area contributed by atoms with Crippen LogP contribution in [0.5, 0.6) is 11.5 Å². The summed E-state index contributed by atoms with van der Waals surface area (Å²) in [6, 6.07) is 2.19. The molecule has 106 valence electrons. The topological polar surface area (TPSA) is 58.7 Å². The van der Waals surface area contributed by atoms with Gasteiger partial charge in [-0.15, -0.1) is 0 Å². The zero-order valence-electron chi connectivity index (χ0n) is 12.2. The van der Waals surface area contributed by atoms with Crippen molar-refractivity contribution in [1.82, 2.24) is 4.90 Å². The van der Waals surface area contributed by atoms with E-state index in [1.807, 2.05) is 13.0 Å². The molecule has 0 spiro atoms. The van der Waals surface area contributed by atoms with Gasteiger partial charge in [-0.25, -0.2) is 0 Å². The Morgan fingerprint density at radius 1 is 1.42 bits per heavy atom. The molecule has 3 N–H and O–H groups in total. The van der Waals surface area contributed by atoms with Gasteiger partial charge in [-0.1, -0.05) is 0 Å². The molecule has 4 heteroatoms. The fraction of sp³-hybridized carbons (Fsp3) is 0.600. The normalized spacial score (nSPS) is 23.8. The number of phenolic OH excluding ortho intramolecular Hbond substituents is 1. The Morgan fingerprint density at radius 3 is 2.63 bits per heavy atom. The number of hydrogen-bond donors (Lipinski definition) is 2. The van der Waals surface area contributed by atoms with Crippen LogP contribution in [-0.4, -0.2) is 37.3 Å². The van der Waals surface area contributed by atoms with Crippen LogP contribution in [0.3, 0.4) is 0 Å². The van der Waals surface area contributed by atoms with Crippen LogP contribution in [0.2, 0.25) is 0 Å². The fourth-order valence-corrected chi connectivity index (χ4v) is 3.14. The quantitative estimate of drug-likeness (QED) is 0.876. The molecule has 1 saturated heterocycles. The predicted molar refractivity (Wildman–Crippen MR) is 76.7 cm³/mol. The number of ether oxygens (including phenoxy) is 1. The zero-order valence-corrected chi connectivity index (χ0v) is 12.2. The molecule has 1 aliphatic heterocycles. The molecule has 1 heterocycles. The molecule has 1 aromatic rings. The second-order valence-electron chi connectivity index (χ2n) is 5.56. The van der Waals surface area contributed by atoms with E-state index in [4.69, 9.17) is 10.5 Å². The van der Waals surface area contributed by atoms with E-state index in [2.05, 4.69) is 18.9 Å². The van der Waals surface area contributed by atoms with Crippen molar-refractivity contribution in [2.45, 2.75) is 26.3 Å². The van der Waals surface area contributed by atoms with Gasteiger partial charge in [-0.2, -0.15) is 0 Å². The van der Waals surface area contributed by atoms with Gasteiger partial charge in [0.2, 0.25) is 0 Å². The Morgan fingerprint density at radius 2 is 2.11 bits per heavy atom. The van der Waals surface area contributed by atoms with Gasteiger partial charge in [0.1, 0.15) is 0 Å². The van der Waals surface area contributed by atoms with Crippen molar-refractivity contribution in [2.24, 2.45) is 11.7 Å². The zero-order chi connectivity index (χ0) is 14.2. The van der Waals surface area contributed by atoms with E-state index in [1.54, 1.807) is 7.11 Å². The Hall–Kier alpha value is -1.26. The molecular formula is C15H24N2O2. The van der Waals surface area contributed by atoms with Gasteiger partial charge in [-0.3, -0.25) is 4.90 Å². The minimum Gasteiger partial charge on any atom is -0.504 e. The van der Waals surface area contributed by atoms with Crippen molar-refractivity contribution in [3.63, 3.8) is 0 Å². The second kappa shape index (κ2) is 5.39. The lowest BCUT2D eigenvalue weighted by molar-refractivity contribution is 0.310. The first-order valence-corrected chi connectivity index (χ1v) is 6.76. The van der Waals surface area contributed by atoms with Crippen LogP contribution in [0.15, 0.2) is 6.07 Å². The maximum absolute atomic E-state index is 10.1. The molecule has 1 aliphatic rings. The van der Waals surface area contributed by atoms with Crippen LogP contribution in [0.4, 0.5) is 0 Å². The molecule has 0 saturated carbocycles. The number of likely N-dealkylation sites (tertiary alicyclic amines) is 1. The summed E-state index contributed by atoms with van der Waals surface area (Å²) in [6.07, 6.45) is 1.05. The summed E-state index contributed by atoms with van der Waals surface area (Å²) < 4.78 is 5.26. The fourth-order valence-electron chi connectivity index (χ4n) is 3.14. The Kier molecular flexibility index (Phi) is 4.02. The number of nitrogens with two attached hydrogens (primary N) is 1. The van der Waals surface area contributed by atoms with E-state index < -0.39 is 0 Å².